The van der Waals surface area contributed by atoms with Gasteiger partial charge in [0, 0.05) is 43.8 Å². The minimum atomic E-state index is 0.546. The number of fused-ring (bicyclic) bond motifs is 7. The van der Waals surface area contributed by atoms with Crippen molar-refractivity contribution in [1.29, 1.82) is 0 Å². The maximum absolute atomic E-state index is 5.28. The van der Waals surface area contributed by atoms with Crippen LogP contribution in [0.15, 0.2) is 194 Å². The van der Waals surface area contributed by atoms with Crippen LogP contribution in [0, 0.1) is 0 Å². The lowest BCUT2D eigenvalue weighted by Crippen LogP contribution is -2.07. The third-order valence-electron chi connectivity index (χ3n) is 11.3. The van der Waals surface area contributed by atoms with Gasteiger partial charge in [-0.3, -0.25) is 9.13 Å². The molecule has 12 aromatic rings. The zero-order valence-corrected chi connectivity index (χ0v) is 32.1. The van der Waals surface area contributed by atoms with Gasteiger partial charge in [0.2, 0.25) is 11.9 Å². The standard InChI is InChI=1S/C52H32N8/c1-3-17-33(18-4-1)47-53-49(57-51(55-47)59-43-29-11-7-21-37(43)38-22-8-12-30-44(38)59)41-27-15-26-36-35(41)25-16-28-42(36)50-54-48(34-19-5-2-6-20-34)56-52(58-50)60-45-31-13-9-23-39(45)40-24-10-14-32-46(40)60/h1-32H. The molecule has 0 saturated heterocycles. The van der Waals surface area contributed by atoms with E-state index in [1.54, 1.807) is 0 Å². The first-order valence-corrected chi connectivity index (χ1v) is 19.9. The lowest BCUT2D eigenvalue weighted by molar-refractivity contribution is 0.953. The number of hydrogen-bond acceptors (Lipinski definition) is 6. The Kier molecular flexibility index (Phi) is 7.67. The average molecular weight is 769 g/mol. The van der Waals surface area contributed by atoms with Crippen molar-refractivity contribution in [2.75, 3.05) is 0 Å². The van der Waals surface area contributed by atoms with Crippen LogP contribution >= 0.6 is 0 Å². The van der Waals surface area contributed by atoms with Crippen molar-refractivity contribution in [2.45, 2.75) is 0 Å². The molecule has 8 aromatic carbocycles. The van der Waals surface area contributed by atoms with E-state index in [9.17, 15) is 0 Å². The van der Waals surface area contributed by atoms with E-state index in [-0.39, 0.29) is 0 Å². The van der Waals surface area contributed by atoms with Gasteiger partial charge in [0.25, 0.3) is 0 Å². The molecule has 0 fully saturated rings. The highest BCUT2D eigenvalue weighted by Gasteiger charge is 2.21. The molecule has 0 saturated carbocycles. The van der Waals surface area contributed by atoms with Crippen LogP contribution in [-0.2, 0) is 0 Å². The van der Waals surface area contributed by atoms with Gasteiger partial charge < -0.3 is 0 Å². The molecule has 0 aliphatic carbocycles. The average Bonchev–Trinajstić information content (AvgIpc) is 3.85. The van der Waals surface area contributed by atoms with Crippen LogP contribution in [0.3, 0.4) is 0 Å². The number of aromatic nitrogens is 8. The van der Waals surface area contributed by atoms with E-state index in [2.05, 4.69) is 143 Å². The Bertz CT molecular complexity index is 3260. The van der Waals surface area contributed by atoms with Gasteiger partial charge in [-0.25, -0.2) is 9.97 Å². The van der Waals surface area contributed by atoms with Crippen molar-refractivity contribution in [3.05, 3.63) is 194 Å². The first-order valence-electron chi connectivity index (χ1n) is 19.9. The molecular formula is C52H32N8. The summed E-state index contributed by atoms with van der Waals surface area (Å²) < 4.78 is 4.29. The highest BCUT2D eigenvalue weighted by atomic mass is 15.2. The highest BCUT2D eigenvalue weighted by Crippen LogP contribution is 2.37. The molecule has 0 bridgehead atoms. The van der Waals surface area contributed by atoms with Crippen LogP contribution < -0.4 is 0 Å². The summed E-state index contributed by atoms with van der Waals surface area (Å²) in [7, 11) is 0. The fraction of sp³-hybridized carbons (Fsp3) is 0. The molecule has 0 spiro atoms. The second kappa shape index (κ2) is 13.6. The summed E-state index contributed by atoms with van der Waals surface area (Å²) in [5, 5.41) is 6.48. The van der Waals surface area contributed by atoms with Crippen LogP contribution in [0.25, 0.3) is 112 Å². The first kappa shape index (κ1) is 33.7. The Morgan fingerprint density at radius 1 is 0.233 bits per heavy atom. The van der Waals surface area contributed by atoms with Crippen molar-refractivity contribution in [3.63, 3.8) is 0 Å². The van der Waals surface area contributed by atoms with Crippen LogP contribution in [0.4, 0.5) is 0 Å². The third-order valence-corrected chi connectivity index (χ3v) is 11.3. The number of nitrogens with zero attached hydrogens (tertiary/aromatic N) is 8. The molecule has 0 atom stereocenters. The fourth-order valence-electron chi connectivity index (χ4n) is 8.58. The van der Waals surface area contributed by atoms with Crippen molar-refractivity contribution in [3.8, 4) is 57.4 Å². The molecule has 0 aliphatic heterocycles. The molecule has 0 unspecified atom stereocenters. The van der Waals surface area contributed by atoms with Gasteiger partial charge in [0.15, 0.2) is 23.3 Å². The largest absolute Gasteiger partial charge is 0.278 e. The summed E-state index contributed by atoms with van der Waals surface area (Å²) in [5.41, 5.74) is 7.65. The summed E-state index contributed by atoms with van der Waals surface area (Å²) in [4.78, 5) is 31.2. The summed E-state index contributed by atoms with van der Waals surface area (Å²) in [6, 6.07) is 66.3. The normalized spacial score (nSPS) is 11.7. The van der Waals surface area contributed by atoms with Crippen molar-refractivity contribution >= 4 is 54.4 Å². The van der Waals surface area contributed by atoms with Gasteiger partial charge in [-0.05, 0) is 35.0 Å². The van der Waals surface area contributed by atoms with Crippen LogP contribution in [0.5, 0.6) is 0 Å². The monoisotopic (exact) mass is 768 g/mol. The fourth-order valence-corrected chi connectivity index (χ4v) is 8.58. The molecular weight excluding hydrogens is 737 g/mol. The molecule has 0 N–H and O–H groups in total. The predicted octanol–water partition coefficient (Wildman–Crippen LogP) is 12.1. The Morgan fingerprint density at radius 3 is 0.900 bits per heavy atom. The molecule has 60 heavy (non-hydrogen) atoms. The molecule has 8 heteroatoms. The third kappa shape index (κ3) is 5.39. The molecule has 0 radical (unpaired) electrons. The Hall–Kier alpha value is -8.36. The first-order chi connectivity index (χ1) is 29.8. The van der Waals surface area contributed by atoms with Crippen molar-refractivity contribution in [2.24, 2.45) is 0 Å². The number of para-hydroxylation sites is 4. The van der Waals surface area contributed by atoms with Crippen molar-refractivity contribution in [1.82, 2.24) is 39.0 Å². The van der Waals surface area contributed by atoms with E-state index >= 15 is 0 Å². The van der Waals surface area contributed by atoms with Gasteiger partial charge in [0.05, 0.1) is 22.1 Å². The second-order valence-electron chi connectivity index (χ2n) is 14.7. The summed E-state index contributed by atoms with van der Waals surface area (Å²) >= 11 is 0. The van der Waals surface area contributed by atoms with Crippen LogP contribution in [-0.4, -0.2) is 39.0 Å². The van der Waals surface area contributed by atoms with E-state index in [1.807, 2.05) is 60.7 Å². The lowest BCUT2D eigenvalue weighted by atomic mass is 9.99. The molecule has 4 aromatic heterocycles. The molecule has 0 amide bonds. The van der Waals surface area contributed by atoms with Gasteiger partial charge in [-0.2, -0.15) is 19.9 Å². The topological polar surface area (TPSA) is 87.2 Å². The molecule has 0 aliphatic rings. The zero-order valence-electron chi connectivity index (χ0n) is 32.1. The Balaban J connectivity index is 1.09. The maximum Gasteiger partial charge on any atom is 0.238 e. The minimum absolute atomic E-state index is 0.546. The predicted molar refractivity (Wildman–Crippen MR) is 241 cm³/mol. The Labute approximate surface area is 343 Å². The highest BCUT2D eigenvalue weighted by molar-refractivity contribution is 6.10. The molecule has 4 heterocycles. The molecule has 280 valence electrons. The quantitative estimate of drug-likeness (QED) is 0.167. The number of rotatable bonds is 6. The van der Waals surface area contributed by atoms with Gasteiger partial charge in [-0.1, -0.05) is 170 Å². The van der Waals surface area contributed by atoms with Crippen molar-refractivity contribution < 1.29 is 0 Å². The summed E-state index contributed by atoms with van der Waals surface area (Å²) in [5.74, 6) is 3.40. The van der Waals surface area contributed by atoms with Gasteiger partial charge >= 0.3 is 0 Å². The second-order valence-corrected chi connectivity index (χ2v) is 14.7. The van der Waals surface area contributed by atoms with Crippen LogP contribution in [0.2, 0.25) is 0 Å². The summed E-state index contributed by atoms with van der Waals surface area (Å²) in [6.07, 6.45) is 0. The smallest absolute Gasteiger partial charge is 0.238 e. The zero-order chi connectivity index (χ0) is 39.6. The van der Waals surface area contributed by atoms with E-state index in [0.29, 0.717) is 35.2 Å². The molecule has 8 nitrogen and oxygen atoms in total. The van der Waals surface area contributed by atoms with E-state index in [4.69, 9.17) is 29.9 Å². The van der Waals surface area contributed by atoms with Crippen LogP contribution in [0.1, 0.15) is 0 Å². The van der Waals surface area contributed by atoms with E-state index in [0.717, 1.165) is 76.6 Å². The lowest BCUT2D eigenvalue weighted by Gasteiger charge is -2.14. The maximum atomic E-state index is 5.28. The minimum Gasteiger partial charge on any atom is -0.278 e. The molecule has 12 rings (SSSR count). The SMILES string of the molecule is c1ccc(-c2nc(-c3cccc4c(-c5nc(-c6ccccc6)nc(-n6c7ccccc7c7ccccc76)n5)cccc34)nc(-n3c4ccccc4c4ccccc43)n2)cc1. The Morgan fingerprint density at radius 2 is 0.533 bits per heavy atom. The van der Waals surface area contributed by atoms with E-state index < -0.39 is 0 Å². The number of benzene rings is 8. The van der Waals surface area contributed by atoms with E-state index in [1.165, 1.54) is 0 Å². The van der Waals surface area contributed by atoms with Gasteiger partial charge in [0.1, 0.15) is 0 Å². The summed E-state index contributed by atoms with van der Waals surface area (Å²) in [6.45, 7) is 0. The number of hydrogen-bond donors (Lipinski definition) is 0. The van der Waals surface area contributed by atoms with Gasteiger partial charge in [-0.15, -0.1) is 0 Å².